The van der Waals surface area contributed by atoms with Gasteiger partial charge in [-0.05, 0) is 42.5 Å². The van der Waals surface area contributed by atoms with Crippen molar-refractivity contribution in [3.05, 3.63) is 71.3 Å². The third-order valence-corrected chi connectivity index (χ3v) is 4.75. The van der Waals surface area contributed by atoms with Crippen LogP contribution < -0.4 is 5.73 Å². The van der Waals surface area contributed by atoms with E-state index < -0.39 is 6.10 Å². The van der Waals surface area contributed by atoms with Gasteiger partial charge in [-0.2, -0.15) is 0 Å². The molecule has 0 unspecified atom stereocenters. The Morgan fingerprint density at radius 2 is 1.88 bits per heavy atom. The van der Waals surface area contributed by atoms with Gasteiger partial charge in [0.2, 0.25) is 0 Å². The van der Waals surface area contributed by atoms with Gasteiger partial charge in [-0.15, -0.1) is 0 Å². The van der Waals surface area contributed by atoms with E-state index in [0.717, 1.165) is 30.5 Å². The van der Waals surface area contributed by atoms with Crippen LogP contribution in [0.2, 0.25) is 0 Å². The van der Waals surface area contributed by atoms with Crippen molar-refractivity contribution in [3.8, 4) is 0 Å². The van der Waals surface area contributed by atoms with Crippen molar-refractivity contribution in [2.45, 2.75) is 38.0 Å². The molecule has 0 aromatic heterocycles. The van der Waals surface area contributed by atoms with E-state index in [1.165, 1.54) is 0 Å². The highest BCUT2D eigenvalue weighted by atomic mass is 16.3. The molecule has 3 N–H and O–H groups in total. The van der Waals surface area contributed by atoms with Crippen LogP contribution >= 0.6 is 0 Å². The zero-order valence-corrected chi connectivity index (χ0v) is 13.8. The molecule has 126 valence electrons. The predicted octanol–water partition coefficient (Wildman–Crippen LogP) is 2.87. The molecule has 0 radical (unpaired) electrons. The normalized spacial score (nSPS) is 18.6. The van der Waals surface area contributed by atoms with Crippen LogP contribution in [0.3, 0.4) is 0 Å². The highest BCUT2D eigenvalue weighted by molar-refractivity contribution is 5.94. The average molecular weight is 324 g/mol. The van der Waals surface area contributed by atoms with Crippen molar-refractivity contribution in [1.82, 2.24) is 4.90 Å². The lowest BCUT2D eigenvalue weighted by Gasteiger charge is -2.27. The number of rotatable bonds is 5. The first kappa shape index (κ1) is 16.7. The first-order chi connectivity index (χ1) is 11.7. The number of amides is 1. The Bertz CT molecular complexity index is 670. The van der Waals surface area contributed by atoms with Crippen molar-refractivity contribution in [2.24, 2.45) is 5.73 Å². The van der Waals surface area contributed by atoms with E-state index in [1.54, 1.807) is 0 Å². The average Bonchev–Trinajstić information content (AvgIpc) is 3.10. The summed E-state index contributed by atoms with van der Waals surface area (Å²) in [5.41, 5.74) is 8.22. The fraction of sp³-hybridized carbons (Fsp3) is 0.350. The van der Waals surface area contributed by atoms with Gasteiger partial charge in [-0.3, -0.25) is 4.79 Å². The molecule has 0 aliphatic carbocycles. The quantitative estimate of drug-likeness (QED) is 0.889. The second-order valence-corrected chi connectivity index (χ2v) is 6.36. The molecule has 3 rings (SSSR count). The molecule has 1 saturated heterocycles. The number of aliphatic hydroxyl groups excluding tert-OH is 1. The Kier molecular flexibility index (Phi) is 5.28. The summed E-state index contributed by atoms with van der Waals surface area (Å²) in [5, 5.41) is 10.5. The Morgan fingerprint density at radius 1 is 1.17 bits per heavy atom. The summed E-state index contributed by atoms with van der Waals surface area (Å²) in [5.74, 6) is 0.0429. The molecular weight excluding hydrogens is 300 g/mol. The van der Waals surface area contributed by atoms with Crippen LogP contribution in [-0.4, -0.2) is 28.5 Å². The lowest BCUT2D eigenvalue weighted by molar-refractivity contribution is 0.0667. The Hall–Kier alpha value is -2.17. The number of hydrogen-bond acceptors (Lipinski definition) is 3. The fourth-order valence-corrected chi connectivity index (χ4v) is 3.37. The molecule has 0 saturated carbocycles. The van der Waals surface area contributed by atoms with Crippen molar-refractivity contribution in [1.29, 1.82) is 0 Å². The van der Waals surface area contributed by atoms with E-state index in [9.17, 15) is 9.90 Å². The summed E-state index contributed by atoms with van der Waals surface area (Å²) in [4.78, 5) is 14.7. The number of aliphatic hydroxyl groups is 1. The molecular formula is C20H24N2O2. The van der Waals surface area contributed by atoms with Crippen molar-refractivity contribution in [3.63, 3.8) is 0 Å². The number of likely N-dealkylation sites (tertiary alicyclic amines) is 1. The van der Waals surface area contributed by atoms with Gasteiger partial charge in [-0.25, -0.2) is 0 Å². The van der Waals surface area contributed by atoms with E-state index >= 15 is 0 Å². The molecule has 1 fully saturated rings. The zero-order chi connectivity index (χ0) is 16.9. The fourth-order valence-electron chi connectivity index (χ4n) is 3.37. The smallest absolute Gasteiger partial charge is 0.254 e. The third kappa shape index (κ3) is 3.66. The number of carbonyl (C=O) groups is 1. The van der Waals surface area contributed by atoms with Gasteiger partial charge in [0.1, 0.15) is 0 Å². The van der Waals surface area contributed by atoms with Crippen LogP contribution in [0.25, 0.3) is 0 Å². The third-order valence-electron chi connectivity index (χ3n) is 4.75. The van der Waals surface area contributed by atoms with Crippen molar-refractivity contribution >= 4 is 5.91 Å². The number of nitrogens with zero attached hydrogens (tertiary/aromatic N) is 1. The number of benzene rings is 2. The number of carbonyl (C=O) groups excluding carboxylic acids is 1. The van der Waals surface area contributed by atoms with Crippen LogP contribution in [0.5, 0.6) is 0 Å². The predicted molar refractivity (Wildman–Crippen MR) is 94.4 cm³/mol. The molecule has 4 heteroatoms. The molecule has 4 nitrogen and oxygen atoms in total. The Morgan fingerprint density at radius 3 is 2.54 bits per heavy atom. The Balaban J connectivity index is 1.69. The summed E-state index contributed by atoms with van der Waals surface area (Å²) in [6, 6.07) is 17.2. The first-order valence-electron chi connectivity index (χ1n) is 8.52. The largest absolute Gasteiger partial charge is 0.388 e. The Labute approximate surface area is 142 Å². The molecule has 1 amide bonds. The van der Waals surface area contributed by atoms with Gasteiger partial charge in [0, 0.05) is 24.7 Å². The molecule has 1 heterocycles. The van der Waals surface area contributed by atoms with E-state index in [1.807, 2.05) is 59.5 Å². The van der Waals surface area contributed by atoms with Crippen LogP contribution in [0.15, 0.2) is 54.6 Å². The molecule has 0 bridgehead atoms. The van der Waals surface area contributed by atoms with E-state index in [0.29, 0.717) is 18.5 Å². The minimum Gasteiger partial charge on any atom is -0.388 e. The van der Waals surface area contributed by atoms with Gasteiger partial charge in [0.05, 0.1) is 6.10 Å². The summed E-state index contributed by atoms with van der Waals surface area (Å²) in [6.07, 6.45) is 1.97. The van der Waals surface area contributed by atoms with Crippen molar-refractivity contribution < 1.29 is 9.90 Å². The highest BCUT2D eigenvalue weighted by Gasteiger charge is 2.31. The molecule has 24 heavy (non-hydrogen) atoms. The summed E-state index contributed by atoms with van der Waals surface area (Å²) in [6.45, 7) is 1.23. The topological polar surface area (TPSA) is 66.6 Å². The van der Waals surface area contributed by atoms with E-state index in [-0.39, 0.29) is 11.9 Å². The molecule has 2 aromatic rings. The van der Waals surface area contributed by atoms with Gasteiger partial charge in [0.15, 0.2) is 0 Å². The van der Waals surface area contributed by atoms with Gasteiger partial charge >= 0.3 is 0 Å². The van der Waals surface area contributed by atoms with Crippen LogP contribution in [0.1, 0.15) is 46.9 Å². The maximum atomic E-state index is 12.8. The number of nitrogens with two attached hydrogens (primary N) is 1. The SMILES string of the molecule is NCc1ccc(C(=O)N2CCC[C@@H]2C[C@@H](O)c2ccccc2)cc1. The maximum Gasteiger partial charge on any atom is 0.254 e. The second-order valence-electron chi connectivity index (χ2n) is 6.36. The molecule has 2 aromatic carbocycles. The zero-order valence-electron chi connectivity index (χ0n) is 13.8. The second kappa shape index (κ2) is 7.60. The lowest BCUT2D eigenvalue weighted by atomic mass is 10.00. The van der Waals surface area contributed by atoms with E-state index in [4.69, 9.17) is 5.73 Å². The van der Waals surface area contributed by atoms with Crippen molar-refractivity contribution in [2.75, 3.05) is 6.54 Å². The molecule has 2 atom stereocenters. The summed E-state index contributed by atoms with van der Waals surface area (Å²) < 4.78 is 0. The van der Waals surface area contributed by atoms with E-state index in [2.05, 4.69) is 0 Å². The molecule has 0 spiro atoms. The van der Waals surface area contributed by atoms with Crippen LogP contribution in [0.4, 0.5) is 0 Å². The highest BCUT2D eigenvalue weighted by Crippen LogP contribution is 2.28. The van der Waals surface area contributed by atoms with Crippen LogP contribution in [-0.2, 0) is 6.54 Å². The summed E-state index contributed by atoms with van der Waals surface area (Å²) >= 11 is 0. The maximum absolute atomic E-state index is 12.8. The van der Waals surface area contributed by atoms with Crippen LogP contribution in [0, 0.1) is 0 Å². The minimum absolute atomic E-state index is 0.0429. The number of hydrogen-bond donors (Lipinski definition) is 2. The monoisotopic (exact) mass is 324 g/mol. The lowest BCUT2D eigenvalue weighted by Crippen LogP contribution is -2.36. The van der Waals surface area contributed by atoms with Gasteiger partial charge in [0.25, 0.3) is 5.91 Å². The molecule has 1 aliphatic heterocycles. The molecule has 1 aliphatic rings. The van der Waals surface area contributed by atoms with Gasteiger partial charge < -0.3 is 15.7 Å². The minimum atomic E-state index is -0.538. The summed E-state index contributed by atoms with van der Waals surface area (Å²) in [7, 11) is 0. The standard InChI is InChI=1S/C20H24N2O2/c21-14-15-8-10-17(11-9-15)20(24)22-12-4-7-18(22)13-19(23)16-5-2-1-3-6-16/h1-3,5-6,8-11,18-19,23H,4,7,12-14,21H2/t18-,19-/m1/s1. The van der Waals surface area contributed by atoms with Gasteiger partial charge in [-0.1, -0.05) is 42.5 Å². The first-order valence-corrected chi connectivity index (χ1v) is 8.52.